The summed E-state index contributed by atoms with van der Waals surface area (Å²) in [6.45, 7) is 3.61. The van der Waals surface area contributed by atoms with E-state index in [1.165, 1.54) is 12.1 Å². The number of rotatable bonds is 6. The Bertz CT molecular complexity index is 1320. The molecule has 0 unspecified atom stereocenters. The van der Waals surface area contributed by atoms with E-state index in [1.807, 2.05) is 13.0 Å². The van der Waals surface area contributed by atoms with Crippen molar-refractivity contribution in [1.82, 2.24) is 19.7 Å². The molecule has 8 nitrogen and oxygen atoms in total. The summed E-state index contributed by atoms with van der Waals surface area (Å²) < 4.78 is 29.4. The minimum atomic E-state index is -3.75. The zero-order valence-corrected chi connectivity index (χ0v) is 18.3. The van der Waals surface area contributed by atoms with Gasteiger partial charge in [0.2, 0.25) is 0 Å². The molecule has 0 spiro atoms. The fraction of sp³-hybridized carbons (Fsp3) is 0.0952. The first-order valence-corrected chi connectivity index (χ1v) is 11.2. The summed E-state index contributed by atoms with van der Waals surface area (Å²) in [7, 11) is -3.75. The molecule has 4 rings (SSSR count). The second-order valence-electron chi connectivity index (χ2n) is 6.83. The third-order valence-electron chi connectivity index (χ3n) is 4.43. The van der Waals surface area contributed by atoms with Gasteiger partial charge in [-0.2, -0.15) is 5.10 Å². The van der Waals surface area contributed by atoms with Gasteiger partial charge in [-0.25, -0.2) is 23.1 Å². The van der Waals surface area contributed by atoms with Crippen molar-refractivity contribution in [3.05, 3.63) is 83.4 Å². The highest BCUT2D eigenvalue weighted by Crippen LogP contribution is 2.24. The van der Waals surface area contributed by atoms with Crippen molar-refractivity contribution in [2.24, 2.45) is 0 Å². The van der Waals surface area contributed by atoms with Crippen molar-refractivity contribution in [2.75, 3.05) is 10.0 Å². The third-order valence-corrected chi connectivity index (χ3v) is 6.21. The fourth-order valence-electron chi connectivity index (χ4n) is 2.86. The van der Waals surface area contributed by atoms with Crippen LogP contribution in [-0.4, -0.2) is 28.2 Å². The molecule has 0 fully saturated rings. The highest BCUT2D eigenvalue weighted by molar-refractivity contribution is 7.92. The molecule has 0 radical (unpaired) electrons. The molecule has 158 valence electrons. The number of benzene rings is 2. The molecular formula is C21H19ClN6O2S. The lowest BCUT2D eigenvalue weighted by molar-refractivity contribution is 0.601. The zero-order valence-electron chi connectivity index (χ0n) is 16.7. The Morgan fingerprint density at radius 2 is 1.71 bits per heavy atom. The van der Waals surface area contributed by atoms with Crippen molar-refractivity contribution in [1.29, 1.82) is 0 Å². The van der Waals surface area contributed by atoms with E-state index >= 15 is 0 Å². The van der Waals surface area contributed by atoms with Crippen LogP contribution in [0.3, 0.4) is 0 Å². The number of sulfonamides is 1. The highest BCUT2D eigenvalue weighted by Gasteiger charge is 2.15. The predicted molar refractivity (Wildman–Crippen MR) is 121 cm³/mol. The number of nitrogens with one attached hydrogen (secondary N) is 2. The van der Waals surface area contributed by atoms with Gasteiger partial charge in [0.15, 0.2) is 5.82 Å². The second kappa shape index (κ2) is 8.37. The zero-order chi connectivity index (χ0) is 22.0. The average Bonchev–Trinajstić information content (AvgIpc) is 3.26. The van der Waals surface area contributed by atoms with Crippen LogP contribution in [0.1, 0.15) is 11.4 Å². The molecule has 2 N–H and O–H groups in total. The smallest absolute Gasteiger partial charge is 0.261 e. The van der Waals surface area contributed by atoms with E-state index < -0.39 is 10.0 Å². The van der Waals surface area contributed by atoms with E-state index in [2.05, 4.69) is 25.1 Å². The molecule has 4 aromatic rings. The molecule has 0 amide bonds. The SMILES string of the molecule is Cc1nc(Nc2ccc(NS(=O)(=O)c3ccc(C)c(Cl)c3)cc2)cc(-n2cccn2)n1. The molecule has 10 heteroatoms. The van der Waals surface area contributed by atoms with Crippen LogP contribution in [0.15, 0.2) is 71.9 Å². The number of nitrogens with zero attached hydrogens (tertiary/aromatic N) is 4. The Hall–Kier alpha value is -3.43. The average molecular weight is 455 g/mol. The van der Waals surface area contributed by atoms with Crippen LogP contribution < -0.4 is 10.0 Å². The lowest BCUT2D eigenvalue weighted by atomic mass is 10.2. The maximum Gasteiger partial charge on any atom is 0.261 e. The normalized spacial score (nSPS) is 11.3. The van der Waals surface area contributed by atoms with Gasteiger partial charge in [0.1, 0.15) is 11.6 Å². The molecule has 31 heavy (non-hydrogen) atoms. The first-order valence-electron chi connectivity index (χ1n) is 9.32. The van der Waals surface area contributed by atoms with E-state index in [4.69, 9.17) is 11.6 Å². The quantitative estimate of drug-likeness (QED) is 0.445. The number of aryl methyl sites for hydroxylation is 2. The van der Waals surface area contributed by atoms with Gasteiger partial charge in [-0.05, 0) is 61.9 Å². The maximum atomic E-state index is 12.6. The Kier molecular flexibility index (Phi) is 5.62. The Morgan fingerprint density at radius 1 is 0.968 bits per heavy atom. The van der Waals surface area contributed by atoms with Gasteiger partial charge in [0.25, 0.3) is 10.0 Å². The molecule has 2 aromatic carbocycles. The van der Waals surface area contributed by atoms with Gasteiger partial charge in [0.05, 0.1) is 4.90 Å². The molecule has 2 aromatic heterocycles. The predicted octanol–water partition coefficient (Wildman–Crippen LogP) is 4.48. The van der Waals surface area contributed by atoms with Crippen LogP contribution in [0.5, 0.6) is 0 Å². The summed E-state index contributed by atoms with van der Waals surface area (Å²) in [4.78, 5) is 8.87. The lowest BCUT2D eigenvalue weighted by Gasteiger charge is -2.11. The van der Waals surface area contributed by atoms with E-state index in [1.54, 1.807) is 60.4 Å². The standard InChI is InChI=1S/C21H19ClN6O2S/c1-14-4-9-18(12-19(14)22)31(29,30)27-17-7-5-16(6-8-17)26-20-13-21(25-15(2)24-20)28-11-3-10-23-28/h3-13,27H,1-2H3,(H,24,25,26). The fourth-order valence-corrected chi connectivity index (χ4v) is 4.19. The van der Waals surface area contributed by atoms with Gasteiger partial charge in [0, 0.05) is 34.9 Å². The Balaban J connectivity index is 1.50. The number of anilines is 3. The number of halogens is 1. The van der Waals surface area contributed by atoms with Gasteiger partial charge in [-0.15, -0.1) is 0 Å². The van der Waals surface area contributed by atoms with E-state index in [0.717, 1.165) is 11.3 Å². The van der Waals surface area contributed by atoms with Crippen molar-refractivity contribution >= 4 is 38.8 Å². The molecule has 0 saturated carbocycles. The molecule has 2 heterocycles. The molecule has 0 aliphatic rings. The number of hydrogen-bond donors (Lipinski definition) is 2. The largest absolute Gasteiger partial charge is 0.340 e. The summed E-state index contributed by atoms with van der Waals surface area (Å²) in [5.74, 6) is 1.83. The number of aromatic nitrogens is 4. The summed E-state index contributed by atoms with van der Waals surface area (Å²) in [6, 6.07) is 15.1. The van der Waals surface area contributed by atoms with Crippen molar-refractivity contribution in [2.45, 2.75) is 18.7 Å². The minimum absolute atomic E-state index is 0.105. The summed E-state index contributed by atoms with van der Waals surface area (Å²) >= 11 is 6.06. The van der Waals surface area contributed by atoms with E-state index in [0.29, 0.717) is 28.2 Å². The van der Waals surface area contributed by atoms with Gasteiger partial charge in [-0.1, -0.05) is 17.7 Å². The molecule has 0 saturated heterocycles. The lowest BCUT2D eigenvalue weighted by Crippen LogP contribution is -2.13. The first kappa shape index (κ1) is 20.8. The molecule has 0 bridgehead atoms. The Morgan fingerprint density at radius 3 is 2.39 bits per heavy atom. The summed E-state index contributed by atoms with van der Waals surface area (Å²) in [5.41, 5.74) is 1.98. The first-order chi connectivity index (χ1) is 14.8. The van der Waals surface area contributed by atoms with E-state index in [-0.39, 0.29) is 4.90 Å². The third kappa shape index (κ3) is 4.84. The topological polar surface area (TPSA) is 102 Å². The molecule has 0 atom stereocenters. The van der Waals surface area contributed by atoms with Gasteiger partial charge < -0.3 is 5.32 Å². The maximum absolute atomic E-state index is 12.6. The molecular weight excluding hydrogens is 436 g/mol. The van der Waals surface area contributed by atoms with Crippen LogP contribution in [-0.2, 0) is 10.0 Å². The van der Waals surface area contributed by atoms with Gasteiger partial charge in [-0.3, -0.25) is 4.72 Å². The second-order valence-corrected chi connectivity index (χ2v) is 8.92. The van der Waals surface area contributed by atoms with Crippen molar-refractivity contribution < 1.29 is 8.42 Å². The monoisotopic (exact) mass is 454 g/mol. The van der Waals surface area contributed by atoms with Gasteiger partial charge >= 0.3 is 0 Å². The van der Waals surface area contributed by atoms with Crippen LogP contribution in [0.25, 0.3) is 5.82 Å². The van der Waals surface area contributed by atoms with Crippen LogP contribution in [0.4, 0.5) is 17.2 Å². The van der Waals surface area contributed by atoms with E-state index in [9.17, 15) is 8.42 Å². The van der Waals surface area contributed by atoms with Crippen LogP contribution >= 0.6 is 11.6 Å². The molecule has 0 aliphatic heterocycles. The van der Waals surface area contributed by atoms with Crippen molar-refractivity contribution in [3.63, 3.8) is 0 Å². The van der Waals surface area contributed by atoms with Crippen LogP contribution in [0.2, 0.25) is 5.02 Å². The van der Waals surface area contributed by atoms with Crippen LogP contribution in [0, 0.1) is 13.8 Å². The Labute approximate surface area is 185 Å². The summed E-state index contributed by atoms with van der Waals surface area (Å²) in [5, 5.41) is 7.78. The number of hydrogen-bond acceptors (Lipinski definition) is 6. The minimum Gasteiger partial charge on any atom is -0.340 e. The molecule has 0 aliphatic carbocycles. The summed E-state index contributed by atoms with van der Waals surface area (Å²) in [6.07, 6.45) is 3.47. The van der Waals surface area contributed by atoms with Crippen molar-refractivity contribution in [3.8, 4) is 5.82 Å². The highest BCUT2D eigenvalue weighted by atomic mass is 35.5.